The number of nitrogens with zero attached hydrogens (tertiary/aromatic N) is 3. The fourth-order valence-electron chi connectivity index (χ4n) is 4.43. The van der Waals surface area contributed by atoms with Crippen LogP contribution in [0.15, 0.2) is 79.1 Å². The van der Waals surface area contributed by atoms with Crippen LogP contribution in [0, 0.1) is 11.5 Å². The molecule has 2 aromatic carbocycles. The number of para-hydroxylation sites is 1. The van der Waals surface area contributed by atoms with Crippen LogP contribution in [0.1, 0.15) is 25.7 Å². The molecule has 2 heterocycles. The number of pyridine rings is 1. The molecule has 1 aromatic heterocycles. The van der Waals surface area contributed by atoms with Gasteiger partial charge in [0.05, 0.1) is 6.61 Å². The van der Waals surface area contributed by atoms with Crippen LogP contribution in [0.25, 0.3) is 11.1 Å². The van der Waals surface area contributed by atoms with E-state index >= 15 is 0 Å². The summed E-state index contributed by atoms with van der Waals surface area (Å²) in [7, 11) is 0. The second kappa shape index (κ2) is 11.4. The molecule has 1 aliphatic rings. The quantitative estimate of drug-likeness (QED) is 0.115. The highest BCUT2D eigenvalue weighted by Gasteiger charge is 2.66. The minimum absolute atomic E-state index is 0.472. The first-order chi connectivity index (χ1) is 17.2. The van der Waals surface area contributed by atoms with Gasteiger partial charge in [0.2, 0.25) is 11.7 Å². The van der Waals surface area contributed by atoms with Crippen molar-refractivity contribution in [3.63, 3.8) is 0 Å². The molecule has 0 spiro atoms. The number of hydrogen-bond acceptors (Lipinski definition) is 7. The molecule has 0 bridgehead atoms. The topological polar surface area (TPSA) is 116 Å². The van der Waals surface area contributed by atoms with E-state index in [9.17, 15) is 10.1 Å². The van der Waals surface area contributed by atoms with E-state index in [2.05, 4.69) is 33.8 Å². The third-order valence-corrected chi connectivity index (χ3v) is 6.15. The van der Waals surface area contributed by atoms with Crippen molar-refractivity contribution in [2.24, 2.45) is 5.73 Å². The highest BCUT2D eigenvalue weighted by atomic mass is 16.5. The third-order valence-electron chi connectivity index (χ3n) is 6.15. The zero-order valence-electron chi connectivity index (χ0n) is 19.6. The summed E-state index contributed by atoms with van der Waals surface area (Å²) in [5.74, 6) is -0.576. The van der Waals surface area contributed by atoms with Crippen molar-refractivity contribution in [1.82, 2.24) is 15.2 Å². The summed E-state index contributed by atoms with van der Waals surface area (Å²) in [6, 6.07) is 21.3. The standard InChI is InChI=1S/C27H30N6O2/c28-20-31-27(32-22-14-16-30-17-15-22)25(26(29)34)33(27)18-8-1-2-9-19-35-24-13-7-6-12-23(24)21-10-4-3-5-11-21/h3-7,10-17,25,31H,1-2,8-9,18-19H2,(H2,29,34)(H,30,32). The Morgan fingerprint density at radius 1 is 1.03 bits per heavy atom. The second-order valence-corrected chi connectivity index (χ2v) is 8.49. The lowest BCUT2D eigenvalue weighted by molar-refractivity contribution is -0.118. The van der Waals surface area contributed by atoms with Gasteiger partial charge in [0, 0.05) is 30.2 Å². The normalized spacial score (nSPS) is 20.4. The number of carbonyl (C=O) groups excluding carboxylic acids is 1. The number of nitrogens with two attached hydrogens (primary N) is 1. The Bertz CT molecular complexity index is 1150. The molecule has 8 heteroatoms. The van der Waals surface area contributed by atoms with Gasteiger partial charge >= 0.3 is 0 Å². The van der Waals surface area contributed by atoms with Crippen molar-refractivity contribution >= 4 is 11.6 Å². The summed E-state index contributed by atoms with van der Waals surface area (Å²) in [6.45, 7) is 1.28. The van der Waals surface area contributed by atoms with E-state index in [0.717, 1.165) is 48.2 Å². The minimum Gasteiger partial charge on any atom is -0.493 e. The monoisotopic (exact) mass is 470 g/mol. The van der Waals surface area contributed by atoms with E-state index in [-0.39, 0.29) is 0 Å². The number of ether oxygens (including phenoxy) is 1. The van der Waals surface area contributed by atoms with Crippen LogP contribution < -0.4 is 21.1 Å². The predicted molar refractivity (Wildman–Crippen MR) is 135 cm³/mol. The van der Waals surface area contributed by atoms with Crippen molar-refractivity contribution in [1.29, 1.82) is 5.26 Å². The van der Waals surface area contributed by atoms with Crippen LogP contribution in [0.5, 0.6) is 5.75 Å². The van der Waals surface area contributed by atoms with Gasteiger partial charge in [-0.1, -0.05) is 61.4 Å². The van der Waals surface area contributed by atoms with E-state index in [4.69, 9.17) is 10.5 Å². The molecule has 0 saturated carbocycles. The Balaban J connectivity index is 1.23. The van der Waals surface area contributed by atoms with Gasteiger partial charge in [0.1, 0.15) is 11.8 Å². The molecule has 4 rings (SSSR count). The Hall–Kier alpha value is -4.09. The van der Waals surface area contributed by atoms with Crippen molar-refractivity contribution in [3.8, 4) is 23.1 Å². The van der Waals surface area contributed by atoms with Gasteiger partial charge in [0.15, 0.2) is 6.19 Å². The van der Waals surface area contributed by atoms with Crippen molar-refractivity contribution in [2.45, 2.75) is 37.5 Å². The van der Waals surface area contributed by atoms with E-state index in [0.29, 0.717) is 13.2 Å². The molecule has 180 valence electrons. The molecule has 3 unspecified atom stereocenters. The highest BCUT2D eigenvalue weighted by molar-refractivity contribution is 5.86. The number of amides is 1. The number of hydrogen-bond donors (Lipinski definition) is 3. The van der Waals surface area contributed by atoms with E-state index in [1.807, 2.05) is 47.5 Å². The molecule has 1 aliphatic heterocycles. The number of primary amides is 1. The van der Waals surface area contributed by atoms with E-state index in [1.165, 1.54) is 0 Å². The first kappa shape index (κ1) is 24.0. The summed E-state index contributed by atoms with van der Waals surface area (Å²) in [6.07, 6.45) is 9.03. The van der Waals surface area contributed by atoms with Gasteiger partial charge in [-0.2, -0.15) is 5.26 Å². The maximum atomic E-state index is 12.1. The summed E-state index contributed by atoms with van der Waals surface area (Å²) in [5.41, 5.74) is 8.61. The molecule has 1 saturated heterocycles. The molecule has 0 aliphatic carbocycles. The summed E-state index contributed by atoms with van der Waals surface area (Å²) in [4.78, 5) is 17.9. The van der Waals surface area contributed by atoms with Crippen LogP contribution in [-0.4, -0.2) is 40.8 Å². The Kier molecular flexibility index (Phi) is 7.81. The zero-order chi connectivity index (χ0) is 24.5. The van der Waals surface area contributed by atoms with Crippen LogP contribution >= 0.6 is 0 Å². The maximum Gasteiger partial charge on any atom is 0.240 e. The van der Waals surface area contributed by atoms with Gasteiger partial charge in [-0.25, -0.2) is 4.90 Å². The maximum absolute atomic E-state index is 12.1. The first-order valence-electron chi connectivity index (χ1n) is 11.8. The molecule has 8 nitrogen and oxygen atoms in total. The number of benzene rings is 2. The molecule has 1 amide bonds. The first-order valence-corrected chi connectivity index (χ1v) is 11.8. The van der Waals surface area contributed by atoms with Gasteiger partial charge in [-0.05, 0) is 36.6 Å². The smallest absolute Gasteiger partial charge is 0.240 e. The molecule has 3 aromatic rings. The molecular weight excluding hydrogens is 440 g/mol. The summed E-state index contributed by atoms with van der Waals surface area (Å²) < 4.78 is 6.08. The SMILES string of the molecule is N#CNC1(Nc2ccncc2)C(C(N)=O)N1CCCCCCOc1ccccc1-c1ccccc1. The van der Waals surface area contributed by atoms with Crippen LogP contribution in [0.3, 0.4) is 0 Å². The minimum atomic E-state index is -0.994. The van der Waals surface area contributed by atoms with Gasteiger partial charge in [-0.3, -0.25) is 15.1 Å². The molecule has 4 N–H and O–H groups in total. The zero-order valence-corrected chi connectivity index (χ0v) is 19.6. The summed E-state index contributed by atoms with van der Waals surface area (Å²) in [5, 5.41) is 15.3. The van der Waals surface area contributed by atoms with Crippen molar-refractivity contribution in [2.75, 3.05) is 18.5 Å². The molecule has 3 atom stereocenters. The molecular formula is C27H30N6O2. The number of carbonyl (C=O) groups is 1. The van der Waals surface area contributed by atoms with Crippen molar-refractivity contribution in [3.05, 3.63) is 79.1 Å². The second-order valence-electron chi connectivity index (χ2n) is 8.49. The number of nitrogens with one attached hydrogen (secondary N) is 2. The lowest BCUT2D eigenvalue weighted by Crippen LogP contribution is -2.44. The van der Waals surface area contributed by atoms with Crippen LogP contribution in [0.2, 0.25) is 0 Å². The van der Waals surface area contributed by atoms with Gasteiger partial charge < -0.3 is 15.8 Å². The fraction of sp³-hybridized carbons (Fsp3) is 0.296. The molecule has 0 radical (unpaired) electrons. The number of nitriles is 1. The average Bonchev–Trinajstić information content (AvgIpc) is 3.50. The van der Waals surface area contributed by atoms with E-state index < -0.39 is 17.7 Å². The Labute approximate surface area is 205 Å². The average molecular weight is 471 g/mol. The number of unbranched alkanes of at least 4 members (excludes halogenated alkanes) is 3. The fourth-order valence-corrected chi connectivity index (χ4v) is 4.43. The third kappa shape index (κ3) is 5.70. The lowest BCUT2D eigenvalue weighted by atomic mass is 10.1. The largest absolute Gasteiger partial charge is 0.493 e. The number of anilines is 1. The number of rotatable bonds is 13. The number of aromatic nitrogens is 1. The summed E-state index contributed by atoms with van der Waals surface area (Å²) >= 11 is 0. The van der Waals surface area contributed by atoms with Crippen molar-refractivity contribution < 1.29 is 9.53 Å². The highest BCUT2D eigenvalue weighted by Crippen LogP contribution is 2.39. The predicted octanol–water partition coefficient (Wildman–Crippen LogP) is 3.69. The van der Waals surface area contributed by atoms with Gasteiger partial charge in [0.25, 0.3) is 0 Å². The molecule has 1 fully saturated rings. The van der Waals surface area contributed by atoms with Crippen LogP contribution in [0.4, 0.5) is 5.69 Å². The molecule has 35 heavy (non-hydrogen) atoms. The van der Waals surface area contributed by atoms with E-state index in [1.54, 1.807) is 24.5 Å². The Morgan fingerprint density at radius 3 is 2.49 bits per heavy atom. The lowest BCUT2D eigenvalue weighted by Gasteiger charge is -2.19. The van der Waals surface area contributed by atoms with Crippen LogP contribution in [-0.2, 0) is 4.79 Å². The van der Waals surface area contributed by atoms with Gasteiger partial charge in [-0.15, -0.1) is 0 Å². The Morgan fingerprint density at radius 2 is 1.74 bits per heavy atom.